The molecule has 4 nitrogen and oxygen atoms in total. The van der Waals surface area contributed by atoms with Gasteiger partial charge in [-0.3, -0.25) is 4.79 Å². The Bertz CT molecular complexity index is 484. The van der Waals surface area contributed by atoms with E-state index in [1.807, 2.05) is 0 Å². The molecule has 2 N–H and O–H groups in total. The molecule has 0 aromatic heterocycles. The number of nitrogens with one attached hydrogen (secondary N) is 1. The Morgan fingerprint density at radius 1 is 1.35 bits per heavy atom. The van der Waals surface area contributed by atoms with Crippen molar-refractivity contribution in [3.63, 3.8) is 0 Å². The van der Waals surface area contributed by atoms with Crippen molar-refractivity contribution in [1.82, 2.24) is 10.2 Å². The van der Waals surface area contributed by atoms with Crippen molar-refractivity contribution < 1.29 is 14.3 Å². The average molecular weight is 322 g/mol. The minimum Gasteiger partial charge on any atom is -0.387 e. The van der Waals surface area contributed by atoms with Crippen LogP contribution in [0.1, 0.15) is 44.3 Å². The number of halogens is 1. The van der Waals surface area contributed by atoms with Gasteiger partial charge in [0.2, 0.25) is 5.91 Å². The van der Waals surface area contributed by atoms with Gasteiger partial charge in [0.05, 0.1) is 6.10 Å². The third kappa shape index (κ3) is 5.92. The van der Waals surface area contributed by atoms with Crippen molar-refractivity contribution in [2.45, 2.75) is 38.7 Å². The fourth-order valence-electron chi connectivity index (χ4n) is 3.08. The summed E-state index contributed by atoms with van der Waals surface area (Å²) in [7, 11) is 0. The van der Waals surface area contributed by atoms with Crippen molar-refractivity contribution in [2.75, 3.05) is 26.2 Å². The molecule has 1 fully saturated rings. The highest BCUT2D eigenvalue weighted by Crippen LogP contribution is 2.20. The molecule has 1 atom stereocenters. The molecule has 1 aliphatic heterocycles. The zero-order valence-corrected chi connectivity index (χ0v) is 13.8. The van der Waals surface area contributed by atoms with Crippen molar-refractivity contribution >= 4 is 5.91 Å². The molecule has 1 aromatic carbocycles. The Hall–Kier alpha value is -1.46. The lowest BCUT2D eigenvalue weighted by Gasteiger charge is -2.31. The highest BCUT2D eigenvalue weighted by Gasteiger charge is 2.21. The van der Waals surface area contributed by atoms with Crippen molar-refractivity contribution in [3.05, 3.63) is 35.6 Å². The van der Waals surface area contributed by atoms with Crippen LogP contribution in [-0.4, -0.2) is 42.1 Å². The minimum absolute atomic E-state index is 0.0138. The highest BCUT2D eigenvalue weighted by molar-refractivity contribution is 5.76. The largest absolute Gasteiger partial charge is 0.387 e. The van der Waals surface area contributed by atoms with E-state index in [4.69, 9.17) is 0 Å². The molecule has 128 valence electrons. The molecular formula is C18H27FN2O2. The second kappa shape index (κ2) is 8.99. The summed E-state index contributed by atoms with van der Waals surface area (Å²) in [5, 5.41) is 12.8. The quantitative estimate of drug-likeness (QED) is 0.811. The Labute approximate surface area is 137 Å². The summed E-state index contributed by atoms with van der Waals surface area (Å²) in [6.45, 7) is 5.64. The first-order valence-electron chi connectivity index (χ1n) is 8.51. The van der Waals surface area contributed by atoms with Crippen LogP contribution in [0, 0.1) is 11.7 Å². The minimum atomic E-state index is -0.800. The Kier molecular flexibility index (Phi) is 6.99. The van der Waals surface area contributed by atoms with E-state index < -0.39 is 6.10 Å². The normalized spacial score (nSPS) is 17.9. The first kappa shape index (κ1) is 17.9. The van der Waals surface area contributed by atoms with E-state index in [-0.39, 0.29) is 18.3 Å². The van der Waals surface area contributed by atoms with Crippen LogP contribution in [0.4, 0.5) is 4.39 Å². The van der Waals surface area contributed by atoms with Crippen molar-refractivity contribution in [1.29, 1.82) is 0 Å². The van der Waals surface area contributed by atoms with Gasteiger partial charge in [0.15, 0.2) is 0 Å². The summed E-state index contributed by atoms with van der Waals surface area (Å²) in [6.07, 6.45) is 3.02. The van der Waals surface area contributed by atoms with Gasteiger partial charge in [-0.15, -0.1) is 0 Å². The molecule has 0 aliphatic carbocycles. The molecule has 23 heavy (non-hydrogen) atoms. The number of likely N-dealkylation sites (tertiary alicyclic amines) is 1. The van der Waals surface area contributed by atoms with E-state index in [2.05, 4.69) is 17.1 Å². The summed E-state index contributed by atoms with van der Waals surface area (Å²) >= 11 is 0. The summed E-state index contributed by atoms with van der Waals surface area (Å²) in [5.41, 5.74) is 0.611. The lowest BCUT2D eigenvalue weighted by Crippen LogP contribution is -2.36. The number of rotatable bonds is 7. The molecule has 0 bridgehead atoms. The number of nitrogens with zero attached hydrogens (tertiary/aromatic N) is 1. The first-order valence-corrected chi connectivity index (χ1v) is 8.51. The number of carbonyl (C=O) groups excluding carboxylic acids is 1. The molecule has 1 amide bonds. The van der Waals surface area contributed by atoms with Crippen LogP contribution in [0.2, 0.25) is 0 Å². The smallest absolute Gasteiger partial charge is 0.220 e. The van der Waals surface area contributed by atoms with E-state index in [0.29, 0.717) is 17.9 Å². The van der Waals surface area contributed by atoms with Gasteiger partial charge in [-0.1, -0.05) is 19.1 Å². The van der Waals surface area contributed by atoms with Gasteiger partial charge in [0, 0.05) is 13.0 Å². The summed E-state index contributed by atoms with van der Waals surface area (Å²) in [6, 6.07) is 5.69. The fraction of sp³-hybridized carbons (Fsp3) is 0.611. The third-order valence-electron chi connectivity index (χ3n) is 4.47. The van der Waals surface area contributed by atoms with Crippen LogP contribution in [0.25, 0.3) is 0 Å². The monoisotopic (exact) mass is 322 g/mol. The number of aliphatic hydroxyl groups is 1. The SMILES string of the molecule is CCCN1CCC(CC(=O)NCC(O)c2ccc(F)cc2)CC1. The van der Waals surface area contributed by atoms with Crippen LogP contribution in [-0.2, 0) is 4.79 Å². The fourth-order valence-corrected chi connectivity index (χ4v) is 3.08. The van der Waals surface area contributed by atoms with Crippen LogP contribution < -0.4 is 5.32 Å². The second-order valence-corrected chi connectivity index (χ2v) is 6.36. The number of amides is 1. The van der Waals surface area contributed by atoms with Crippen LogP contribution in [0.3, 0.4) is 0 Å². The molecule has 2 rings (SSSR count). The number of piperidine rings is 1. The third-order valence-corrected chi connectivity index (χ3v) is 4.47. The van der Waals surface area contributed by atoms with E-state index in [1.54, 1.807) is 0 Å². The topological polar surface area (TPSA) is 52.6 Å². The molecule has 5 heteroatoms. The van der Waals surface area contributed by atoms with Crippen molar-refractivity contribution in [2.24, 2.45) is 5.92 Å². The summed E-state index contributed by atoms with van der Waals surface area (Å²) in [5.74, 6) is 0.0885. The van der Waals surface area contributed by atoms with E-state index in [1.165, 1.54) is 30.7 Å². The molecular weight excluding hydrogens is 295 g/mol. The van der Waals surface area contributed by atoms with Crippen LogP contribution >= 0.6 is 0 Å². The maximum Gasteiger partial charge on any atom is 0.220 e. The first-order chi connectivity index (χ1) is 11.1. The lowest BCUT2D eigenvalue weighted by molar-refractivity contribution is -0.122. The summed E-state index contributed by atoms with van der Waals surface area (Å²) in [4.78, 5) is 14.5. The van der Waals surface area contributed by atoms with E-state index >= 15 is 0 Å². The molecule has 1 aromatic rings. The van der Waals surface area contributed by atoms with E-state index in [0.717, 1.165) is 32.5 Å². The number of hydrogen-bond acceptors (Lipinski definition) is 3. The lowest BCUT2D eigenvalue weighted by atomic mass is 9.93. The average Bonchev–Trinajstić information content (AvgIpc) is 2.55. The highest BCUT2D eigenvalue weighted by atomic mass is 19.1. The predicted octanol–water partition coefficient (Wildman–Crippen LogP) is 2.49. The van der Waals surface area contributed by atoms with E-state index in [9.17, 15) is 14.3 Å². The Balaban J connectivity index is 1.68. The zero-order chi connectivity index (χ0) is 16.7. The van der Waals surface area contributed by atoms with Crippen LogP contribution in [0.5, 0.6) is 0 Å². The molecule has 1 aliphatic rings. The van der Waals surface area contributed by atoms with Crippen LogP contribution in [0.15, 0.2) is 24.3 Å². The van der Waals surface area contributed by atoms with Gasteiger partial charge >= 0.3 is 0 Å². The molecule has 1 saturated heterocycles. The van der Waals surface area contributed by atoms with Gasteiger partial charge in [-0.05, 0) is 62.5 Å². The molecule has 0 saturated carbocycles. The predicted molar refractivity (Wildman–Crippen MR) is 88.4 cm³/mol. The Morgan fingerprint density at radius 2 is 2.00 bits per heavy atom. The van der Waals surface area contributed by atoms with Gasteiger partial charge in [0.1, 0.15) is 5.82 Å². The number of benzene rings is 1. The van der Waals surface area contributed by atoms with Gasteiger partial charge < -0.3 is 15.3 Å². The Morgan fingerprint density at radius 3 is 2.61 bits per heavy atom. The maximum atomic E-state index is 12.8. The maximum absolute atomic E-state index is 12.8. The standard InChI is InChI=1S/C18H27FN2O2/c1-2-9-21-10-7-14(8-11-21)12-18(23)20-13-17(22)15-3-5-16(19)6-4-15/h3-6,14,17,22H,2,7-13H2,1H3,(H,20,23). The number of carbonyl (C=O) groups is 1. The number of aliphatic hydroxyl groups excluding tert-OH is 1. The number of hydrogen-bond donors (Lipinski definition) is 2. The van der Waals surface area contributed by atoms with Gasteiger partial charge in [0.25, 0.3) is 0 Å². The summed E-state index contributed by atoms with van der Waals surface area (Å²) < 4.78 is 12.8. The van der Waals surface area contributed by atoms with Gasteiger partial charge in [-0.2, -0.15) is 0 Å². The molecule has 1 heterocycles. The van der Waals surface area contributed by atoms with Crippen molar-refractivity contribution in [3.8, 4) is 0 Å². The molecule has 0 radical (unpaired) electrons. The zero-order valence-electron chi connectivity index (χ0n) is 13.8. The second-order valence-electron chi connectivity index (χ2n) is 6.36. The van der Waals surface area contributed by atoms with Gasteiger partial charge in [-0.25, -0.2) is 4.39 Å². The molecule has 0 spiro atoms. The molecule has 1 unspecified atom stereocenters.